The molecule has 1 spiro atoms. The topological polar surface area (TPSA) is 98.1 Å². The number of carboxylic acids is 1. The zero-order valence-corrected chi connectivity index (χ0v) is 11.3. The maximum Gasteiger partial charge on any atom is 0.323 e. The monoisotopic (exact) mass is 266 g/mol. The van der Waals surface area contributed by atoms with Crippen molar-refractivity contribution in [3.63, 3.8) is 0 Å². The minimum atomic E-state index is -0.807. The lowest BCUT2D eigenvalue weighted by Crippen LogP contribution is -2.56. The van der Waals surface area contributed by atoms with Crippen LogP contribution in [0.25, 0.3) is 10.4 Å². The second-order valence-electron chi connectivity index (χ2n) is 5.98. The summed E-state index contributed by atoms with van der Waals surface area (Å²) in [6, 6.07) is 0. The fourth-order valence-corrected chi connectivity index (χ4v) is 3.69. The van der Waals surface area contributed by atoms with Crippen molar-refractivity contribution in [2.24, 2.45) is 10.5 Å². The number of azide groups is 1. The molecular formula is C13H22N4O2. The summed E-state index contributed by atoms with van der Waals surface area (Å²) in [7, 11) is 0. The number of hydrogen-bond donors (Lipinski definition) is 2. The van der Waals surface area contributed by atoms with E-state index in [0.29, 0.717) is 31.3 Å². The molecule has 0 bridgehead atoms. The van der Waals surface area contributed by atoms with Crippen LogP contribution >= 0.6 is 0 Å². The van der Waals surface area contributed by atoms with Crippen molar-refractivity contribution in [2.45, 2.75) is 56.9 Å². The predicted molar refractivity (Wildman–Crippen MR) is 71.8 cm³/mol. The molecule has 0 atom stereocenters. The molecule has 0 saturated heterocycles. The predicted octanol–water partition coefficient (Wildman–Crippen LogP) is 2.84. The van der Waals surface area contributed by atoms with Gasteiger partial charge in [-0.2, -0.15) is 0 Å². The summed E-state index contributed by atoms with van der Waals surface area (Å²) in [6.07, 6.45) is 8.52. The minimum absolute atomic E-state index is 0.302. The van der Waals surface area contributed by atoms with Gasteiger partial charge < -0.3 is 10.4 Å². The van der Waals surface area contributed by atoms with E-state index < -0.39 is 11.5 Å². The first kappa shape index (κ1) is 14.2. The van der Waals surface area contributed by atoms with E-state index in [1.165, 1.54) is 25.7 Å². The molecule has 0 aromatic carbocycles. The lowest BCUT2D eigenvalue weighted by atomic mass is 9.66. The molecule has 0 aromatic rings. The summed E-state index contributed by atoms with van der Waals surface area (Å²) in [5.41, 5.74) is 7.85. The normalized spacial score (nSPS) is 24.0. The first-order chi connectivity index (χ1) is 9.13. The number of rotatable bonds is 5. The van der Waals surface area contributed by atoms with Crippen LogP contribution in [0.1, 0.15) is 51.4 Å². The SMILES string of the molecule is [N-]=[N+]=NCCNC1(C(=O)O)CCC2(CCCC2)CC1. The molecule has 0 aliphatic heterocycles. The summed E-state index contributed by atoms with van der Waals surface area (Å²) >= 11 is 0. The molecule has 0 aromatic heterocycles. The molecule has 2 rings (SSSR count). The maximum atomic E-state index is 11.6. The van der Waals surface area contributed by atoms with Crippen LogP contribution in [0, 0.1) is 5.41 Å². The fraction of sp³-hybridized carbons (Fsp3) is 0.923. The van der Waals surface area contributed by atoms with Gasteiger partial charge >= 0.3 is 5.97 Å². The van der Waals surface area contributed by atoms with Gasteiger partial charge in [-0.25, -0.2) is 0 Å². The highest BCUT2D eigenvalue weighted by Crippen LogP contribution is 2.51. The van der Waals surface area contributed by atoms with E-state index in [1.807, 2.05) is 0 Å². The second kappa shape index (κ2) is 5.80. The summed E-state index contributed by atoms with van der Waals surface area (Å²) in [5.74, 6) is -0.763. The van der Waals surface area contributed by atoms with Gasteiger partial charge in [0.15, 0.2) is 0 Å². The fourth-order valence-electron chi connectivity index (χ4n) is 3.69. The van der Waals surface area contributed by atoms with E-state index in [1.54, 1.807) is 0 Å². The molecule has 106 valence electrons. The Morgan fingerprint density at radius 3 is 2.37 bits per heavy atom. The number of nitrogens with one attached hydrogen (secondary N) is 1. The largest absolute Gasteiger partial charge is 0.480 e. The molecule has 2 aliphatic rings. The Morgan fingerprint density at radius 2 is 1.84 bits per heavy atom. The Kier molecular flexibility index (Phi) is 4.32. The van der Waals surface area contributed by atoms with Crippen LogP contribution in [0.2, 0.25) is 0 Å². The second-order valence-corrected chi connectivity index (χ2v) is 5.98. The summed E-state index contributed by atoms with van der Waals surface area (Å²) in [6.45, 7) is 0.736. The average molecular weight is 266 g/mol. The third kappa shape index (κ3) is 3.01. The molecule has 6 nitrogen and oxygen atoms in total. The standard InChI is InChI=1S/C13H22N4O2/c14-17-16-10-9-15-13(11(18)19)7-5-12(6-8-13)3-1-2-4-12/h15H,1-10H2,(H,18,19). The van der Waals surface area contributed by atoms with E-state index in [-0.39, 0.29) is 0 Å². The maximum absolute atomic E-state index is 11.6. The van der Waals surface area contributed by atoms with Crippen molar-refractivity contribution in [1.82, 2.24) is 5.32 Å². The van der Waals surface area contributed by atoms with Crippen LogP contribution in [0.3, 0.4) is 0 Å². The smallest absolute Gasteiger partial charge is 0.323 e. The molecule has 0 radical (unpaired) electrons. The number of aliphatic carboxylic acids is 1. The van der Waals surface area contributed by atoms with E-state index in [9.17, 15) is 9.90 Å². The van der Waals surface area contributed by atoms with Crippen molar-refractivity contribution in [2.75, 3.05) is 13.1 Å². The molecule has 19 heavy (non-hydrogen) atoms. The number of carbonyl (C=O) groups is 1. The zero-order valence-electron chi connectivity index (χ0n) is 11.3. The summed E-state index contributed by atoms with van der Waals surface area (Å²) in [4.78, 5) is 14.3. The van der Waals surface area contributed by atoms with E-state index in [0.717, 1.165) is 12.8 Å². The van der Waals surface area contributed by atoms with Gasteiger partial charge in [0, 0.05) is 18.0 Å². The van der Waals surface area contributed by atoms with Gasteiger partial charge in [0.1, 0.15) is 5.54 Å². The van der Waals surface area contributed by atoms with Gasteiger partial charge in [0.25, 0.3) is 0 Å². The van der Waals surface area contributed by atoms with Gasteiger partial charge in [-0.1, -0.05) is 18.0 Å². The Morgan fingerprint density at radius 1 is 1.21 bits per heavy atom. The Balaban J connectivity index is 1.94. The Hall–Kier alpha value is -1.26. The van der Waals surface area contributed by atoms with Crippen LogP contribution in [0.4, 0.5) is 0 Å². The average Bonchev–Trinajstić information content (AvgIpc) is 2.86. The van der Waals surface area contributed by atoms with Crippen LogP contribution in [0.15, 0.2) is 5.11 Å². The van der Waals surface area contributed by atoms with Crippen LogP contribution in [-0.2, 0) is 4.79 Å². The summed E-state index contributed by atoms with van der Waals surface area (Å²) < 4.78 is 0. The first-order valence-electron chi connectivity index (χ1n) is 7.12. The van der Waals surface area contributed by atoms with Gasteiger partial charge in [0.2, 0.25) is 0 Å². The first-order valence-corrected chi connectivity index (χ1v) is 7.12. The zero-order chi connectivity index (χ0) is 13.8. The van der Waals surface area contributed by atoms with Crippen molar-refractivity contribution in [3.05, 3.63) is 10.4 Å². The van der Waals surface area contributed by atoms with Crippen molar-refractivity contribution >= 4 is 5.97 Å². The number of carboxylic acid groups (broad SMARTS) is 1. The van der Waals surface area contributed by atoms with Gasteiger partial charge in [-0.15, -0.1) is 0 Å². The van der Waals surface area contributed by atoms with Gasteiger partial charge in [0.05, 0.1) is 0 Å². The van der Waals surface area contributed by atoms with E-state index in [4.69, 9.17) is 5.53 Å². The quantitative estimate of drug-likeness (QED) is 0.346. The van der Waals surface area contributed by atoms with Crippen LogP contribution in [-0.4, -0.2) is 29.7 Å². The third-order valence-corrected chi connectivity index (χ3v) is 4.98. The molecule has 2 N–H and O–H groups in total. The highest BCUT2D eigenvalue weighted by molar-refractivity contribution is 5.79. The molecule has 2 aliphatic carbocycles. The number of nitrogens with zero attached hydrogens (tertiary/aromatic N) is 3. The minimum Gasteiger partial charge on any atom is -0.480 e. The van der Waals surface area contributed by atoms with Crippen molar-refractivity contribution in [1.29, 1.82) is 0 Å². The molecule has 2 saturated carbocycles. The van der Waals surface area contributed by atoms with E-state index in [2.05, 4.69) is 15.3 Å². The lowest BCUT2D eigenvalue weighted by Gasteiger charge is -2.43. The van der Waals surface area contributed by atoms with Crippen molar-refractivity contribution in [3.8, 4) is 0 Å². The molecule has 2 fully saturated rings. The highest BCUT2D eigenvalue weighted by Gasteiger charge is 2.47. The van der Waals surface area contributed by atoms with E-state index >= 15 is 0 Å². The molecule has 0 heterocycles. The highest BCUT2D eigenvalue weighted by atomic mass is 16.4. The lowest BCUT2D eigenvalue weighted by molar-refractivity contribution is -0.147. The Bertz CT molecular complexity index is 374. The van der Waals surface area contributed by atoms with Gasteiger partial charge in [-0.3, -0.25) is 4.79 Å². The van der Waals surface area contributed by atoms with Crippen molar-refractivity contribution < 1.29 is 9.90 Å². The molecular weight excluding hydrogens is 244 g/mol. The van der Waals surface area contributed by atoms with Gasteiger partial charge in [-0.05, 0) is 49.5 Å². The molecule has 6 heteroatoms. The number of hydrogen-bond acceptors (Lipinski definition) is 3. The van der Waals surface area contributed by atoms with Crippen LogP contribution in [0.5, 0.6) is 0 Å². The Labute approximate surface area is 113 Å². The third-order valence-electron chi connectivity index (χ3n) is 4.98. The molecule has 0 amide bonds. The van der Waals surface area contributed by atoms with Crippen LogP contribution < -0.4 is 5.32 Å². The molecule has 0 unspecified atom stereocenters. The summed E-state index contributed by atoms with van der Waals surface area (Å²) in [5, 5.41) is 16.1.